The molecule has 0 heterocycles. The summed E-state index contributed by atoms with van der Waals surface area (Å²) in [5.41, 5.74) is 4.59. The molecule has 0 aliphatic rings. The average Bonchev–Trinajstić information content (AvgIpc) is 2.68. The van der Waals surface area contributed by atoms with Crippen LogP contribution in [0.2, 0.25) is 0 Å². The van der Waals surface area contributed by atoms with Gasteiger partial charge in [0.25, 0.3) is 0 Å². The summed E-state index contributed by atoms with van der Waals surface area (Å²) in [5, 5.41) is 10.6. The molecule has 2 rings (SSSR count). The van der Waals surface area contributed by atoms with Gasteiger partial charge in [0.15, 0.2) is 0 Å². The average molecular weight is 398 g/mol. The zero-order valence-corrected chi connectivity index (χ0v) is 19.1. The lowest BCUT2D eigenvalue weighted by atomic mass is 9.87. The van der Waals surface area contributed by atoms with E-state index in [2.05, 4.69) is 76.8 Å². The van der Waals surface area contributed by atoms with Gasteiger partial charge in [0.1, 0.15) is 5.75 Å². The molecule has 160 valence electrons. The Morgan fingerprint density at radius 3 is 2.31 bits per heavy atom. The lowest BCUT2D eigenvalue weighted by Crippen LogP contribution is -2.37. The maximum atomic E-state index is 10.6. The molecule has 3 nitrogen and oxygen atoms in total. The molecule has 0 aliphatic heterocycles. The Morgan fingerprint density at radius 1 is 0.966 bits per heavy atom. The SMILES string of the molecule is CCCCOCc1ccc(O)c(C(CC)c2cccc(N(C(C)C)C(C)C)c2)c1. The summed E-state index contributed by atoms with van der Waals surface area (Å²) in [5.74, 6) is 0.524. The highest BCUT2D eigenvalue weighted by atomic mass is 16.5. The molecular formula is C26H39NO2. The number of anilines is 1. The molecule has 29 heavy (non-hydrogen) atoms. The van der Waals surface area contributed by atoms with Gasteiger partial charge < -0.3 is 14.7 Å². The van der Waals surface area contributed by atoms with E-state index in [1.165, 1.54) is 11.3 Å². The lowest BCUT2D eigenvalue weighted by molar-refractivity contribution is 0.118. The van der Waals surface area contributed by atoms with Crippen molar-refractivity contribution in [2.45, 2.75) is 85.4 Å². The Kier molecular flexibility index (Phi) is 9.03. The molecule has 0 saturated heterocycles. The van der Waals surface area contributed by atoms with Crippen LogP contribution >= 0.6 is 0 Å². The third-order valence-corrected chi connectivity index (χ3v) is 5.47. The normalized spacial score (nSPS) is 12.6. The van der Waals surface area contributed by atoms with E-state index in [0.29, 0.717) is 24.4 Å². The van der Waals surface area contributed by atoms with Crippen LogP contribution in [0.15, 0.2) is 42.5 Å². The Bertz CT molecular complexity index is 746. The van der Waals surface area contributed by atoms with Gasteiger partial charge in [0.05, 0.1) is 6.61 Å². The summed E-state index contributed by atoms with van der Waals surface area (Å²) >= 11 is 0. The van der Waals surface area contributed by atoms with Crippen molar-refractivity contribution in [2.24, 2.45) is 0 Å². The number of hydrogen-bond donors (Lipinski definition) is 1. The van der Waals surface area contributed by atoms with E-state index in [9.17, 15) is 5.11 Å². The second-order valence-corrected chi connectivity index (χ2v) is 8.45. The van der Waals surface area contributed by atoms with Crippen LogP contribution in [0.1, 0.15) is 83.4 Å². The first kappa shape index (κ1) is 23.3. The molecule has 1 N–H and O–H groups in total. The van der Waals surface area contributed by atoms with Crippen molar-refractivity contribution in [3.05, 3.63) is 59.2 Å². The lowest BCUT2D eigenvalue weighted by Gasteiger charge is -2.34. The fourth-order valence-corrected chi connectivity index (χ4v) is 4.14. The highest BCUT2D eigenvalue weighted by Crippen LogP contribution is 2.36. The summed E-state index contributed by atoms with van der Waals surface area (Å²) in [6, 6.07) is 15.6. The molecule has 0 aliphatic carbocycles. The van der Waals surface area contributed by atoms with Crippen LogP contribution in [0.5, 0.6) is 5.75 Å². The van der Waals surface area contributed by atoms with Crippen LogP contribution < -0.4 is 4.90 Å². The van der Waals surface area contributed by atoms with Crippen LogP contribution in [0, 0.1) is 0 Å². The predicted molar refractivity (Wildman–Crippen MR) is 124 cm³/mol. The van der Waals surface area contributed by atoms with Gasteiger partial charge in [-0.2, -0.15) is 0 Å². The van der Waals surface area contributed by atoms with Crippen molar-refractivity contribution in [3.8, 4) is 5.75 Å². The van der Waals surface area contributed by atoms with Crippen molar-refractivity contribution in [3.63, 3.8) is 0 Å². The monoisotopic (exact) mass is 397 g/mol. The minimum Gasteiger partial charge on any atom is -0.508 e. The van der Waals surface area contributed by atoms with E-state index in [4.69, 9.17) is 4.74 Å². The molecule has 0 aromatic heterocycles. The van der Waals surface area contributed by atoms with Crippen LogP contribution in [-0.4, -0.2) is 23.8 Å². The highest BCUT2D eigenvalue weighted by molar-refractivity contribution is 5.53. The van der Waals surface area contributed by atoms with Gasteiger partial charge in [-0.15, -0.1) is 0 Å². The first-order chi connectivity index (χ1) is 13.9. The summed E-state index contributed by atoms with van der Waals surface area (Å²) in [7, 11) is 0. The molecule has 0 radical (unpaired) electrons. The predicted octanol–water partition coefficient (Wildman–Crippen LogP) is 6.87. The van der Waals surface area contributed by atoms with E-state index in [1.54, 1.807) is 0 Å². The first-order valence-corrected chi connectivity index (χ1v) is 11.2. The number of rotatable bonds is 11. The molecule has 2 aromatic rings. The molecule has 0 saturated carbocycles. The van der Waals surface area contributed by atoms with Crippen molar-refractivity contribution in [2.75, 3.05) is 11.5 Å². The standard InChI is InChI=1S/C26H39NO2/c1-7-9-15-29-18-21-13-14-26(28)25(16-21)24(8-2)22-11-10-12-23(17-22)27(19(3)4)20(5)6/h10-14,16-17,19-20,24,28H,7-9,15,18H2,1-6H3. The van der Waals surface area contributed by atoms with E-state index < -0.39 is 0 Å². The fourth-order valence-electron chi connectivity index (χ4n) is 4.14. The molecule has 2 aromatic carbocycles. The molecule has 0 spiro atoms. The zero-order chi connectivity index (χ0) is 21.4. The van der Waals surface area contributed by atoms with E-state index in [0.717, 1.165) is 37.0 Å². The Morgan fingerprint density at radius 2 is 1.69 bits per heavy atom. The minimum absolute atomic E-state index is 0.159. The van der Waals surface area contributed by atoms with Gasteiger partial charge in [-0.1, -0.05) is 38.5 Å². The van der Waals surface area contributed by atoms with Crippen molar-refractivity contribution in [1.82, 2.24) is 0 Å². The molecule has 1 atom stereocenters. The number of phenols is 1. The second-order valence-electron chi connectivity index (χ2n) is 8.45. The molecule has 3 heteroatoms. The first-order valence-electron chi connectivity index (χ1n) is 11.2. The molecular weight excluding hydrogens is 358 g/mol. The van der Waals surface area contributed by atoms with Gasteiger partial charge >= 0.3 is 0 Å². The largest absolute Gasteiger partial charge is 0.508 e. The smallest absolute Gasteiger partial charge is 0.119 e. The number of ether oxygens (including phenoxy) is 1. The van der Waals surface area contributed by atoms with Gasteiger partial charge in [-0.05, 0) is 75.9 Å². The molecule has 0 amide bonds. The molecule has 0 fully saturated rings. The van der Waals surface area contributed by atoms with Gasteiger partial charge in [-0.25, -0.2) is 0 Å². The van der Waals surface area contributed by atoms with Crippen LogP contribution in [0.25, 0.3) is 0 Å². The summed E-state index contributed by atoms with van der Waals surface area (Å²) < 4.78 is 5.79. The number of hydrogen-bond acceptors (Lipinski definition) is 3. The zero-order valence-electron chi connectivity index (χ0n) is 19.1. The topological polar surface area (TPSA) is 32.7 Å². The van der Waals surface area contributed by atoms with Gasteiger partial charge in [-0.3, -0.25) is 0 Å². The number of phenolic OH excluding ortho intramolecular Hbond substituents is 1. The summed E-state index contributed by atoms with van der Waals surface area (Å²) in [6.45, 7) is 14.7. The second kappa shape index (κ2) is 11.3. The van der Waals surface area contributed by atoms with Gasteiger partial charge in [0, 0.05) is 35.9 Å². The maximum Gasteiger partial charge on any atom is 0.119 e. The van der Waals surface area contributed by atoms with Gasteiger partial charge in [0.2, 0.25) is 0 Å². The van der Waals surface area contributed by atoms with Crippen molar-refractivity contribution in [1.29, 1.82) is 0 Å². The number of nitrogens with zero attached hydrogens (tertiary/aromatic N) is 1. The van der Waals surface area contributed by atoms with Crippen molar-refractivity contribution < 1.29 is 9.84 Å². The Balaban J connectivity index is 2.32. The summed E-state index contributed by atoms with van der Waals surface area (Å²) in [6.07, 6.45) is 3.15. The van der Waals surface area contributed by atoms with Crippen LogP contribution in [0.3, 0.4) is 0 Å². The van der Waals surface area contributed by atoms with E-state index in [1.807, 2.05) is 12.1 Å². The maximum absolute atomic E-state index is 10.6. The number of aromatic hydroxyl groups is 1. The van der Waals surface area contributed by atoms with E-state index >= 15 is 0 Å². The third-order valence-electron chi connectivity index (χ3n) is 5.47. The third kappa shape index (κ3) is 6.24. The van der Waals surface area contributed by atoms with Crippen LogP contribution in [-0.2, 0) is 11.3 Å². The van der Waals surface area contributed by atoms with Crippen LogP contribution in [0.4, 0.5) is 5.69 Å². The Labute approximate surface area is 177 Å². The number of benzene rings is 2. The highest BCUT2D eigenvalue weighted by Gasteiger charge is 2.20. The molecule has 0 bridgehead atoms. The number of unbranched alkanes of at least 4 members (excludes halogenated alkanes) is 1. The quantitative estimate of drug-likeness (QED) is 0.420. The van der Waals surface area contributed by atoms with E-state index in [-0.39, 0.29) is 5.92 Å². The summed E-state index contributed by atoms with van der Waals surface area (Å²) in [4.78, 5) is 2.44. The minimum atomic E-state index is 0.159. The fraction of sp³-hybridized carbons (Fsp3) is 0.538. The van der Waals surface area contributed by atoms with Crippen molar-refractivity contribution >= 4 is 5.69 Å². The molecule has 1 unspecified atom stereocenters. The Hall–Kier alpha value is -2.00.